The quantitative estimate of drug-likeness (QED) is 0.767. The first kappa shape index (κ1) is 17.8. The molecule has 0 aromatic heterocycles. The van der Waals surface area contributed by atoms with Gasteiger partial charge in [-0.2, -0.15) is 0 Å². The SMILES string of the molecule is COCCN=C1NC(=O)[C@H](CC(=O)Nc2ccc(C)c(Cl)c2)S1. The smallest absolute Gasteiger partial charge is 0.240 e. The van der Waals surface area contributed by atoms with Gasteiger partial charge in [-0.15, -0.1) is 0 Å². The molecule has 1 aromatic rings. The minimum Gasteiger partial charge on any atom is -0.383 e. The first-order valence-electron chi connectivity index (χ1n) is 7.06. The fourth-order valence-electron chi connectivity index (χ4n) is 1.90. The van der Waals surface area contributed by atoms with Crippen LogP contribution in [0, 0.1) is 6.92 Å². The number of aryl methyl sites for hydroxylation is 1. The Hall–Kier alpha value is -1.57. The van der Waals surface area contributed by atoms with E-state index in [2.05, 4.69) is 15.6 Å². The molecule has 1 aromatic carbocycles. The van der Waals surface area contributed by atoms with Gasteiger partial charge in [-0.1, -0.05) is 29.4 Å². The molecule has 0 spiro atoms. The maximum absolute atomic E-state index is 12.1. The molecule has 6 nitrogen and oxygen atoms in total. The van der Waals surface area contributed by atoms with Gasteiger partial charge in [-0.25, -0.2) is 0 Å². The Kier molecular flexibility index (Phi) is 6.44. The Balaban J connectivity index is 1.88. The van der Waals surface area contributed by atoms with Crippen LogP contribution in [0.15, 0.2) is 23.2 Å². The molecule has 1 aliphatic heterocycles. The molecule has 124 valence electrons. The molecule has 1 heterocycles. The van der Waals surface area contributed by atoms with Gasteiger partial charge in [0.1, 0.15) is 5.25 Å². The van der Waals surface area contributed by atoms with E-state index in [1.165, 1.54) is 11.8 Å². The lowest BCUT2D eigenvalue weighted by molar-refractivity contribution is -0.122. The summed E-state index contributed by atoms with van der Waals surface area (Å²) in [4.78, 5) is 28.1. The van der Waals surface area contributed by atoms with Crippen LogP contribution in [0.5, 0.6) is 0 Å². The fraction of sp³-hybridized carbons (Fsp3) is 0.400. The van der Waals surface area contributed by atoms with Crippen molar-refractivity contribution in [2.45, 2.75) is 18.6 Å². The van der Waals surface area contributed by atoms with Crippen molar-refractivity contribution in [3.63, 3.8) is 0 Å². The Bertz CT molecular complexity index is 636. The van der Waals surface area contributed by atoms with Crippen molar-refractivity contribution in [3.05, 3.63) is 28.8 Å². The Morgan fingerprint density at radius 3 is 3.00 bits per heavy atom. The summed E-state index contributed by atoms with van der Waals surface area (Å²) in [5.74, 6) is -0.445. The van der Waals surface area contributed by atoms with Gasteiger partial charge in [-0.3, -0.25) is 14.6 Å². The average molecular weight is 356 g/mol. The van der Waals surface area contributed by atoms with Crippen LogP contribution in [0.1, 0.15) is 12.0 Å². The summed E-state index contributed by atoms with van der Waals surface area (Å²) in [5, 5.41) is 6.06. The molecule has 2 N–H and O–H groups in total. The van der Waals surface area contributed by atoms with Crippen LogP contribution < -0.4 is 10.6 Å². The van der Waals surface area contributed by atoms with E-state index in [-0.39, 0.29) is 18.2 Å². The number of methoxy groups -OCH3 is 1. The first-order chi connectivity index (χ1) is 11.0. The van der Waals surface area contributed by atoms with Gasteiger partial charge in [0.05, 0.1) is 13.2 Å². The number of nitrogens with one attached hydrogen (secondary N) is 2. The van der Waals surface area contributed by atoms with Crippen LogP contribution in [0.2, 0.25) is 5.02 Å². The molecule has 0 bridgehead atoms. The topological polar surface area (TPSA) is 79.8 Å². The third-order valence-electron chi connectivity index (χ3n) is 3.15. The number of amides is 2. The third-order valence-corrected chi connectivity index (χ3v) is 4.68. The molecule has 23 heavy (non-hydrogen) atoms. The predicted octanol–water partition coefficient (Wildman–Crippen LogP) is 2.21. The highest BCUT2D eigenvalue weighted by Crippen LogP contribution is 2.24. The highest BCUT2D eigenvalue weighted by Gasteiger charge is 2.31. The average Bonchev–Trinajstić information content (AvgIpc) is 2.83. The number of hydrogen-bond acceptors (Lipinski definition) is 5. The van der Waals surface area contributed by atoms with Crippen LogP contribution in [0.25, 0.3) is 0 Å². The maximum Gasteiger partial charge on any atom is 0.240 e. The molecule has 8 heteroatoms. The second-order valence-electron chi connectivity index (χ2n) is 4.99. The van der Waals surface area contributed by atoms with Gasteiger partial charge >= 0.3 is 0 Å². The Morgan fingerprint density at radius 1 is 1.52 bits per heavy atom. The van der Waals surface area contributed by atoms with Crippen LogP contribution in [0.4, 0.5) is 5.69 Å². The summed E-state index contributed by atoms with van der Waals surface area (Å²) >= 11 is 7.29. The molecule has 0 radical (unpaired) electrons. The highest BCUT2D eigenvalue weighted by molar-refractivity contribution is 8.15. The molecular formula is C15H18ClN3O3S. The Labute approximate surface area is 144 Å². The number of benzene rings is 1. The minimum atomic E-state index is -0.475. The molecule has 1 atom stereocenters. The Morgan fingerprint density at radius 2 is 2.30 bits per heavy atom. The van der Waals surface area contributed by atoms with Crippen molar-refractivity contribution in [2.24, 2.45) is 4.99 Å². The second kappa shape index (κ2) is 8.33. The number of nitrogens with zero attached hydrogens (tertiary/aromatic N) is 1. The van der Waals surface area contributed by atoms with Crippen molar-refractivity contribution >= 4 is 46.0 Å². The number of anilines is 1. The van der Waals surface area contributed by atoms with Gasteiger partial charge in [0.2, 0.25) is 11.8 Å². The molecule has 0 unspecified atom stereocenters. The zero-order valence-electron chi connectivity index (χ0n) is 12.9. The van der Waals surface area contributed by atoms with Crippen molar-refractivity contribution in [1.82, 2.24) is 5.32 Å². The van der Waals surface area contributed by atoms with Crippen molar-refractivity contribution in [2.75, 3.05) is 25.6 Å². The molecule has 2 amide bonds. The van der Waals surface area contributed by atoms with E-state index in [0.717, 1.165) is 5.56 Å². The molecule has 1 saturated heterocycles. The third kappa shape index (κ3) is 5.23. The molecule has 0 saturated carbocycles. The number of carbonyl (C=O) groups is 2. The van der Waals surface area contributed by atoms with E-state index >= 15 is 0 Å². The summed E-state index contributed by atoms with van der Waals surface area (Å²) in [6.07, 6.45) is 0.0747. The fourth-order valence-corrected chi connectivity index (χ4v) is 3.08. The van der Waals surface area contributed by atoms with Gasteiger partial charge in [0, 0.05) is 24.2 Å². The summed E-state index contributed by atoms with van der Waals surface area (Å²) < 4.78 is 4.90. The number of rotatable bonds is 6. The van der Waals surface area contributed by atoms with Crippen LogP contribution in [-0.4, -0.2) is 42.5 Å². The minimum absolute atomic E-state index is 0.0747. The van der Waals surface area contributed by atoms with Crippen LogP contribution in [0.3, 0.4) is 0 Å². The predicted molar refractivity (Wildman–Crippen MR) is 93.1 cm³/mol. The van der Waals surface area contributed by atoms with Crippen molar-refractivity contribution in [3.8, 4) is 0 Å². The first-order valence-corrected chi connectivity index (χ1v) is 8.32. The van der Waals surface area contributed by atoms with Crippen LogP contribution in [-0.2, 0) is 14.3 Å². The highest BCUT2D eigenvalue weighted by atomic mass is 35.5. The number of carbonyl (C=O) groups excluding carboxylic acids is 2. The molecule has 0 aliphatic carbocycles. The van der Waals surface area contributed by atoms with Crippen molar-refractivity contribution in [1.29, 1.82) is 0 Å². The summed E-state index contributed by atoms with van der Waals surface area (Å²) in [6.45, 7) is 2.84. The molecule has 1 fully saturated rings. The van der Waals surface area contributed by atoms with Gasteiger partial charge in [0.15, 0.2) is 5.17 Å². The standard InChI is InChI=1S/C15H18ClN3O3S/c1-9-3-4-10(7-11(9)16)18-13(20)8-12-14(21)19-15(23-12)17-5-6-22-2/h3-4,7,12H,5-6,8H2,1-2H3,(H,18,20)(H,17,19,21)/t12-/m0/s1. The van der Waals surface area contributed by atoms with Gasteiger partial charge < -0.3 is 15.4 Å². The number of amidine groups is 1. The monoisotopic (exact) mass is 355 g/mol. The summed E-state index contributed by atoms with van der Waals surface area (Å²) in [6, 6.07) is 5.29. The normalized spacial score (nSPS) is 19.0. The van der Waals surface area contributed by atoms with E-state index in [9.17, 15) is 9.59 Å². The number of aliphatic imine (C=N–C) groups is 1. The van der Waals surface area contributed by atoms with E-state index in [1.54, 1.807) is 19.2 Å². The van der Waals surface area contributed by atoms with Crippen LogP contribution >= 0.6 is 23.4 Å². The van der Waals surface area contributed by atoms with E-state index < -0.39 is 5.25 Å². The largest absolute Gasteiger partial charge is 0.383 e. The number of ether oxygens (including phenoxy) is 1. The van der Waals surface area contributed by atoms with E-state index in [1.807, 2.05) is 13.0 Å². The number of halogens is 1. The summed E-state index contributed by atoms with van der Waals surface area (Å²) in [5.41, 5.74) is 1.55. The van der Waals surface area contributed by atoms with E-state index in [4.69, 9.17) is 16.3 Å². The van der Waals surface area contributed by atoms with E-state index in [0.29, 0.717) is 29.0 Å². The number of thioether (sulfide) groups is 1. The number of hydrogen-bond donors (Lipinski definition) is 2. The van der Waals surface area contributed by atoms with Gasteiger partial charge in [0.25, 0.3) is 0 Å². The lowest BCUT2D eigenvalue weighted by Gasteiger charge is -2.08. The second-order valence-corrected chi connectivity index (χ2v) is 6.59. The summed E-state index contributed by atoms with van der Waals surface area (Å²) in [7, 11) is 1.59. The lowest BCUT2D eigenvalue weighted by atomic mass is 10.2. The molecule has 1 aliphatic rings. The zero-order chi connectivity index (χ0) is 16.8. The van der Waals surface area contributed by atoms with Crippen molar-refractivity contribution < 1.29 is 14.3 Å². The molecular weight excluding hydrogens is 338 g/mol. The maximum atomic E-state index is 12.1. The molecule has 2 rings (SSSR count). The zero-order valence-corrected chi connectivity index (χ0v) is 14.5. The van der Waals surface area contributed by atoms with Gasteiger partial charge in [-0.05, 0) is 24.6 Å². The lowest BCUT2D eigenvalue weighted by Crippen LogP contribution is -2.28.